The Bertz CT molecular complexity index is 715. The maximum absolute atomic E-state index is 10.5. The number of benzene rings is 2. The highest BCUT2D eigenvalue weighted by Gasteiger charge is 2.31. The standard InChI is InChI=1S/C14H21NO.C9H10O/c1-12-3-5-13(6-4-12)11-14(16)7-9-15(2)10-8-14;10-9-5-4-7-2-1-3-8(7)6-9/h3-6,16H,7-11H2,1-2H3;4-6,10H,1-3H2. The largest absolute Gasteiger partial charge is 0.508 e. The predicted octanol–water partition coefficient (Wildman–Crippen LogP) is 3.88. The van der Waals surface area contributed by atoms with Crippen molar-refractivity contribution in [3.8, 4) is 5.75 Å². The van der Waals surface area contributed by atoms with Gasteiger partial charge in [0.05, 0.1) is 5.60 Å². The summed E-state index contributed by atoms with van der Waals surface area (Å²) in [5.41, 5.74) is 4.79. The van der Waals surface area contributed by atoms with Crippen LogP contribution in [0.4, 0.5) is 0 Å². The van der Waals surface area contributed by atoms with E-state index < -0.39 is 5.60 Å². The molecule has 3 heteroatoms. The first-order chi connectivity index (χ1) is 12.4. The Labute approximate surface area is 157 Å². The molecule has 0 radical (unpaired) electrons. The molecule has 0 saturated carbocycles. The van der Waals surface area contributed by atoms with Crippen LogP contribution in [0.1, 0.15) is 41.5 Å². The van der Waals surface area contributed by atoms with Gasteiger partial charge in [-0.15, -0.1) is 0 Å². The molecular weight excluding hydrogens is 322 g/mol. The average Bonchev–Trinajstić information content (AvgIpc) is 3.08. The zero-order valence-corrected chi connectivity index (χ0v) is 16.0. The zero-order valence-electron chi connectivity index (χ0n) is 16.0. The summed E-state index contributed by atoms with van der Waals surface area (Å²) in [5, 5.41) is 19.6. The minimum Gasteiger partial charge on any atom is -0.508 e. The number of phenols is 1. The van der Waals surface area contributed by atoms with Gasteiger partial charge >= 0.3 is 0 Å². The summed E-state index contributed by atoms with van der Waals surface area (Å²) in [4.78, 5) is 2.28. The van der Waals surface area contributed by atoms with E-state index in [0.717, 1.165) is 38.8 Å². The maximum atomic E-state index is 10.5. The molecular formula is C23H31NO2. The van der Waals surface area contributed by atoms with Crippen LogP contribution < -0.4 is 0 Å². The molecule has 0 atom stereocenters. The lowest BCUT2D eigenvalue weighted by atomic mass is 9.85. The fourth-order valence-corrected chi connectivity index (χ4v) is 3.86. The number of piperidine rings is 1. The van der Waals surface area contributed by atoms with Gasteiger partial charge in [-0.05, 0) is 74.9 Å². The third kappa shape index (κ3) is 5.09. The minimum absolute atomic E-state index is 0.403. The monoisotopic (exact) mass is 353 g/mol. The molecule has 0 unspecified atom stereocenters. The van der Waals surface area contributed by atoms with Gasteiger partial charge in [0.15, 0.2) is 0 Å². The quantitative estimate of drug-likeness (QED) is 0.861. The van der Waals surface area contributed by atoms with E-state index in [2.05, 4.69) is 43.1 Å². The molecule has 1 saturated heterocycles. The number of hydrogen-bond acceptors (Lipinski definition) is 3. The topological polar surface area (TPSA) is 43.7 Å². The van der Waals surface area contributed by atoms with Gasteiger partial charge < -0.3 is 15.1 Å². The molecule has 1 fully saturated rings. The van der Waals surface area contributed by atoms with E-state index in [9.17, 15) is 5.11 Å². The van der Waals surface area contributed by atoms with Crippen molar-refractivity contribution in [1.29, 1.82) is 0 Å². The van der Waals surface area contributed by atoms with E-state index in [1.807, 2.05) is 12.1 Å². The third-order valence-electron chi connectivity index (χ3n) is 5.65. The van der Waals surface area contributed by atoms with Gasteiger partial charge in [-0.2, -0.15) is 0 Å². The van der Waals surface area contributed by atoms with Gasteiger partial charge in [-0.1, -0.05) is 35.9 Å². The number of fused-ring (bicyclic) bond motifs is 1. The highest BCUT2D eigenvalue weighted by atomic mass is 16.3. The van der Waals surface area contributed by atoms with E-state index >= 15 is 0 Å². The summed E-state index contributed by atoms with van der Waals surface area (Å²) in [6.07, 6.45) is 6.15. The van der Waals surface area contributed by atoms with Crippen molar-refractivity contribution in [2.45, 2.75) is 51.0 Å². The van der Waals surface area contributed by atoms with Crippen LogP contribution in [-0.4, -0.2) is 40.9 Å². The summed E-state index contributed by atoms with van der Waals surface area (Å²) in [5.74, 6) is 0.403. The van der Waals surface area contributed by atoms with E-state index in [4.69, 9.17) is 5.11 Å². The lowest BCUT2D eigenvalue weighted by molar-refractivity contribution is -0.0150. The number of hydrogen-bond donors (Lipinski definition) is 2. The van der Waals surface area contributed by atoms with Crippen molar-refractivity contribution in [3.63, 3.8) is 0 Å². The van der Waals surface area contributed by atoms with Gasteiger partial charge in [-0.25, -0.2) is 0 Å². The van der Waals surface area contributed by atoms with Crippen LogP contribution in [0.5, 0.6) is 5.75 Å². The summed E-state index contributed by atoms with van der Waals surface area (Å²) >= 11 is 0. The minimum atomic E-state index is -0.484. The van der Waals surface area contributed by atoms with Crippen LogP contribution >= 0.6 is 0 Å². The Morgan fingerprint density at radius 1 is 0.962 bits per heavy atom. The van der Waals surface area contributed by atoms with Gasteiger partial charge in [0.2, 0.25) is 0 Å². The SMILES string of the molecule is Cc1ccc(CC2(O)CCN(C)CC2)cc1.Oc1ccc2c(c1)CCC2. The van der Waals surface area contributed by atoms with Crippen LogP contribution in [0.25, 0.3) is 0 Å². The van der Waals surface area contributed by atoms with Crippen LogP contribution in [0.3, 0.4) is 0 Å². The van der Waals surface area contributed by atoms with Crippen LogP contribution in [0, 0.1) is 6.92 Å². The van der Waals surface area contributed by atoms with Crippen LogP contribution in [-0.2, 0) is 19.3 Å². The number of aromatic hydroxyl groups is 1. The molecule has 4 rings (SSSR count). The summed E-state index contributed by atoms with van der Waals surface area (Å²) < 4.78 is 0. The van der Waals surface area contributed by atoms with Gasteiger partial charge in [0.25, 0.3) is 0 Å². The second-order valence-corrected chi connectivity index (χ2v) is 8.00. The highest BCUT2D eigenvalue weighted by Crippen LogP contribution is 2.26. The average molecular weight is 354 g/mol. The normalized spacial score (nSPS) is 18.7. The van der Waals surface area contributed by atoms with Crippen LogP contribution in [0.15, 0.2) is 42.5 Å². The van der Waals surface area contributed by atoms with E-state index in [-0.39, 0.29) is 0 Å². The second-order valence-electron chi connectivity index (χ2n) is 8.00. The molecule has 2 aromatic rings. The van der Waals surface area contributed by atoms with Gasteiger partial charge in [0, 0.05) is 19.5 Å². The number of likely N-dealkylation sites (tertiary alicyclic amines) is 1. The Morgan fingerprint density at radius 2 is 1.62 bits per heavy atom. The molecule has 3 nitrogen and oxygen atoms in total. The van der Waals surface area contributed by atoms with Crippen molar-refractivity contribution in [2.75, 3.05) is 20.1 Å². The molecule has 2 N–H and O–H groups in total. The molecule has 140 valence electrons. The molecule has 0 spiro atoms. The fourth-order valence-electron chi connectivity index (χ4n) is 3.86. The first-order valence-electron chi connectivity index (χ1n) is 9.71. The first-order valence-corrected chi connectivity index (χ1v) is 9.71. The fraction of sp³-hybridized carbons (Fsp3) is 0.478. The van der Waals surface area contributed by atoms with Gasteiger partial charge in [0.1, 0.15) is 5.75 Å². The zero-order chi connectivity index (χ0) is 18.6. The number of nitrogens with zero attached hydrogens (tertiary/aromatic N) is 1. The Morgan fingerprint density at radius 3 is 2.31 bits per heavy atom. The second kappa shape index (κ2) is 8.24. The van der Waals surface area contributed by atoms with Crippen molar-refractivity contribution in [2.24, 2.45) is 0 Å². The van der Waals surface area contributed by atoms with Crippen molar-refractivity contribution < 1.29 is 10.2 Å². The lowest BCUT2D eigenvalue weighted by Crippen LogP contribution is -2.44. The lowest BCUT2D eigenvalue weighted by Gasteiger charge is -2.36. The number of aryl methyl sites for hydroxylation is 3. The third-order valence-corrected chi connectivity index (χ3v) is 5.65. The van der Waals surface area contributed by atoms with Crippen LogP contribution in [0.2, 0.25) is 0 Å². The van der Waals surface area contributed by atoms with E-state index in [0.29, 0.717) is 5.75 Å². The van der Waals surface area contributed by atoms with Crippen molar-refractivity contribution in [1.82, 2.24) is 4.90 Å². The Balaban J connectivity index is 0.000000167. The van der Waals surface area contributed by atoms with E-state index in [1.165, 1.54) is 35.1 Å². The smallest absolute Gasteiger partial charge is 0.115 e. The Kier molecular flexibility index (Phi) is 6.00. The molecule has 0 amide bonds. The summed E-state index contributed by atoms with van der Waals surface area (Å²) in [7, 11) is 2.12. The molecule has 1 aliphatic carbocycles. The number of aliphatic hydroxyl groups is 1. The van der Waals surface area contributed by atoms with E-state index in [1.54, 1.807) is 6.07 Å². The molecule has 1 aliphatic heterocycles. The number of phenolic OH excluding ortho intramolecular Hbond substituents is 1. The molecule has 26 heavy (non-hydrogen) atoms. The molecule has 1 heterocycles. The molecule has 0 bridgehead atoms. The molecule has 0 aromatic heterocycles. The highest BCUT2D eigenvalue weighted by molar-refractivity contribution is 5.37. The predicted molar refractivity (Wildman–Crippen MR) is 107 cm³/mol. The Hall–Kier alpha value is -1.84. The summed E-state index contributed by atoms with van der Waals surface area (Å²) in [6.45, 7) is 4.10. The van der Waals surface area contributed by atoms with Crippen molar-refractivity contribution in [3.05, 3.63) is 64.7 Å². The van der Waals surface area contributed by atoms with Gasteiger partial charge in [-0.3, -0.25) is 0 Å². The summed E-state index contributed by atoms with van der Waals surface area (Å²) in [6, 6.07) is 14.2. The molecule has 2 aromatic carbocycles. The van der Waals surface area contributed by atoms with Crippen molar-refractivity contribution >= 4 is 0 Å². The number of rotatable bonds is 2. The first kappa shape index (κ1) is 18.9. The molecule has 2 aliphatic rings. The maximum Gasteiger partial charge on any atom is 0.115 e.